The van der Waals surface area contributed by atoms with Gasteiger partial charge < -0.3 is 20.1 Å². The van der Waals surface area contributed by atoms with E-state index in [2.05, 4.69) is 53.3 Å². The van der Waals surface area contributed by atoms with E-state index in [-0.39, 0.29) is 23.0 Å². The van der Waals surface area contributed by atoms with Gasteiger partial charge in [0.25, 0.3) is 0 Å². The molecule has 4 saturated carbocycles. The molecule has 1 aromatic carbocycles. The van der Waals surface area contributed by atoms with E-state index in [9.17, 15) is 9.00 Å². The quantitative estimate of drug-likeness (QED) is 0.0800. The molecule has 7 fully saturated rings. The van der Waals surface area contributed by atoms with Crippen molar-refractivity contribution in [1.82, 2.24) is 10.2 Å². The highest BCUT2D eigenvalue weighted by Gasteiger charge is 2.54. The maximum Gasteiger partial charge on any atom is 0.408 e. The Hall–Kier alpha value is -2.32. The summed E-state index contributed by atoms with van der Waals surface area (Å²) in [5.74, 6) is 4.49. The van der Waals surface area contributed by atoms with Gasteiger partial charge in [0.2, 0.25) is 0 Å². The molecule has 1 amide bonds. The van der Waals surface area contributed by atoms with Gasteiger partial charge in [-0.05, 0) is 106 Å². The van der Waals surface area contributed by atoms with Gasteiger partial charge in [0.1, 0.15) is 11.9 Å². The van der Waals surface area contributed by atoms with Crippen LogP contribution in [0.2, 0.25) is 0 Å². The lowest BCUT2D eigenvalue weighted by molar-refractivity contribution is -0.0498. The van der Waals surface area contributed by atoms with Crippen molar-refractivity contribution in [3.63, 3.8) is 0 Å². The number of fused-ring (bicyclic) bond motifs is 4. The molecular weight excluding hydrogens is 727 g/mol. The second kappa shape index (κ2) is 20.8. The van der Waals surface area contributed by atoms with Crippen LogP contribution in [0.25, 0.3) is 5.57 Å². The number of rotatable bonds is 24. The number of hydrogen-bond donors (Lipinski definition) is 2. The molecule has 4 aliphatic heterocycles. The fraction of sp³-hybridized carbons (Fsp3) is 0.776. The number of amides is 1. The Balaban J connectivity index is 0.946. The molecule has 4 heterocycles. The van der Waals surface area contributed by atoms with Gasteiger partial charge in [-0.15, -0.1) is 6.58 Å². The number of hydrogen-bond acceptors (Lipinski definition) is 6. The predicted octanol–water partition coefficient (Wildman–Crippen LogP) is 11.8. The van der Waals surface area contributed by atoms with E-state index in [1.807, 2.05) is 6.07 Å². The highest BCUT2D eigenvalue weighted by molar-refractivity contribution is 7.85. The topological polar surface area (TPSA) is 79.9 Å². The number of anilines is 1. The van der Waals surface area contributed by atoms with Crippen molar-refractivity contribution in [2.24, 2.45) is 29.6 Å². The first-order chi connectivity index (χ1) is 27.9. The number of nitrogens with zero attached hydrogens (tertiary/aromatic N) is 1. The summed E-state index contributed by atoms with van der Waals surface area (Å²) in [5, 5.41) is 7.04. The normalized spacial score (nSPS) is 31.9. The standard InChI is InChI=1S/C49H77N3O4S/c1-4-6-7-8-9-10-11-12-13-14-15-16-17-18-19-20-25-57(54)46-30-40-29-45(52(46)35-39(40)5-2)47(42-23-24-50-44-22-21-41(55-3)31-43(42)44)56-48(53)51-49-32-36-26-37(33-49)28-38(27-36)34-49/h5,21-23,31,36-40,45-47,50H,2,4,6-20,24-30,32-35H2,1,3H3,(H,51,53)/t36?,37?,38?,39-,40-,45+,46?,47-,49?,57?/m0/s1. The Labute approximate surface area is 348 Å². The number of carbonyl (C=O) groups excluding carboxylic acids is 1. The van der Waals surface area contributed by atoms with Gasteiger partial charge in [-0.25, -0.2) is 4.79 Å². The van der Waals surface area contributed by atoms with E-state index >= 15 is 0 Å². The lowest BCUT2D eigenvalue weighted by Gasteiger charge is -2.57. The van der Waals surface area contributed by atoms with Crippen molar-refractivity contribution in [3.8, 4) is 5.75 Å². The van der Waals surface area contributed by atoms with Crippen LogP contribution in [0.1, 0.15) is 167 Å². The van der Waals surface area contributed by atoms with E-state index in [1.54, 1.807) is 7.11 Å². The maximum atomic E-state index is 14.3. The summed E-state index contributed by atoms with van der Waals surface area (Å²) in [6.07, 6.45) is 34.1. The van der Waals surface area contributed by atoms with Crippen molar-refractivity contribution < 1.29 is 18.5 Å². The number of carbonyl (C=O) groups is 1. The molecule has 0 radical (unpaired) electrons. The average Bonchev–Trinajstić information content (AvgIpc) is 3.21. The molecule has 3 saturated heterocycles. The lowest BCUT2D eigenvalue weighted by atomic mass is 9.53. The van der Waals surface area contributed by atoms with Crippen molar-refractivity contribution in [3.05, 3.63) is 42.5 Å². The summed E-state index contributed by atoms with van der Waals surface area (Å²) in [5.41, 5.74) is 2.98. The number of methoxy groups -OCH3 is 1. The summed E-state index contributed by atoms with van der Waals surface area (Å²) >= 11 is 0. The Morgan fingerprint density at radius 2 is 1.49 bits per heavy atom. The van der Waals surface area contributed by atoms with E-state index in [4.69, 9.17) is 9.47 Å². The molecule has 2 N–H and O–H groups in total. The molecule has 0 spiro atoms. The van der Waals surface area contributed by atoms with E-state index in [0.29, 0.717) is 18.4 Å². The number of unbranched alkanes of at least 4 members (excludes halogenated alkanes) is 15. The van der Waals surface area contributed by atoms with Crippen LogP contribution in [0.15, 0.2) is 36.9 Å². The molecule has 57 heavy (non-hydrogen) atoms. The van der Waals surface area contributed by atoms with Crippen molar-refractivity contribution in [2.45, 2.75) is 184 Å². The molecule has 8 heteroatoms. The fourth-order valence-electron chi connectivity index (χ4n) is 12.6. The minimum Gasteiger partial charge on any atom is -0.497 e. The lowest BCUT2D eigenvalue weighted by Crippen LogP contribution is -2.64. The zero-order valence-electron chi connectivity index (χ0n) is 35.8. The van der Waals surface area contributed by atoms with E-state index < -0.39 is 16.9 Å². The third-order valence-electron chi connectivity index (χ3n) is 15.1. The molecule has 7 atom stereocenters. The predicted molar refractivity (Wildman–Crippen MR) is 237 cm³/mol. The van der Waals surface area contributed by atoms with Gasteiger partial charge in [-0.3, -0.25) is 9.11 Å². The SMILES string of the molecule is C=C[C@H]1CN2C(S(=O)CCCCCCCCCCCCCCCCCC)C[C@@H]1C[C@@H]2[C@@H](OC(=O)NC12CC3CC(CC(C3)C1)C2)C1=CCNc2ccc(OC)cc21. The third-order valence-corrected chi connectivity index (χ3v) is 16.9. The van der Waals surface area contributed by atoms with Gasteiger partial charge in [0.05, 0.1) is 18.5 Å². The molecule has 4 aliphatic carbocycles. The smallest absolute Gasteiger partial charge is 0.408 e. The van der Waals surface area contributed by atoms with Crippen molar-refractivity contribution >= 4 is 28.2 Å². The second-order valence-corrected chi connectivity index (χ2v) is 21.1. The molecule has 8 aliphatic rings. The summed E-state index contributed by atoms with van der Waals surface area (Å²) in [7, 11) is 0.732. The first kappa shape index (κ1) is 42.8. The van der Waals surface area contributed by atoms with Crippen LogP contribution < -0.4 is 15.4 Å². The second-order valence-electron chi connectivity index (χ2n) is 19.3. The van der Waals surface area contributed by atoms with Crippen LogP contribution in [0.5, 0.6) is 5.75 Å². The van der Waals surface area contributed by atoms with Crippen molar-refractivity contribution in [1.29, 1.82) is 0 Å². The minimum atomic E-state index is -0.971. The largest absolute Gasteiger partial charge is 0.497 e. The van der Waals surface area contributed by atoms with Gasteiger partial charge in [-0.1, -0.05) is 115 Å². The van der Waals surface area contributed by atoms with Crippen LogP contribution in [0.4, 0.5) is 10.5 Å². The summed E-state index contributed by atoms with van der Waals surface area (Å²) < 4.78 is 26.8. The number of piperidine rings is 3. The zero-order chi connectivity index (χ0) is 39.6. The Bertz CT molecular complexity index is 1490. The van der Waals surface area contributed by atoms with Crippen LogP contribution >= 0.6 is 0 Å². The highest BCUT2D eigenvalue weighted by atomic mass is 32.2. The highest BCUT2D eigenvalue weighted by Crippen LogP contribution is 2.56. The van der Waals surface area contributed by atoms with E-state index in [1.165, 1.54) is 109 Å². The van der Waals surface area contributed by atoms with E-state index in [0.717, 1.165) is 97.6 Å². The summed E-state index contributed by atoms with van der Waals surface area (Å²) in [6, 6.07) is 6.09. The average molecular weight is 804 g/mol. The number of ether oxygens (including phenoxy) is 2. The van der Waals surface area contributed by atoms with Gasteiger partial charge in [-0.2, -0.15) is 0 Å². The monoisotopic (exact) mass is 804 g/mol. The minimum absolute atomic E-state index is 0.0225. The molecular formula is C49H77N3O4S. The van der Waals surface area contributed by atoms with Crippen LogP contribution in [-0.2, 0) is 15.5 Å². The van der Waals surface area contributed by atoms with Gasteiger partial charge in [0.15, 0.2) is 0 Å². The number of nitrogens with one attached hydrogen (secondary N) is 2. The summed E-state index contributed by atoms with van der Waals surface area (Å²) in [6.45, 7) is 8.01. The summed E-state index contributed by atoms with van der Waals surface area (Å²) in [4.78, 5) is 16.8. The van der Waals surface area contributed by atoms with Crippen LogP contribution in [-0.4, -0.2) is 64.2 Å². The van der Waals surface area contributed by atoms with Gasteiger partial charge >= 0.3 is 6.09 Å². The molecule has 318 valence electrons. The molecule has 3 unspecified atom stereocenters. The number of alkyl carbamates (subject to hydrolysis) is 1. The first-order valence-corrected chi connectivity index (χ1v) is 25.1. The molecule has 1 aromatic rings. The molecule has 0 aromatic heterocycles. The van der Waals surface area contributed by atoms with Crippen molar-refractivity contribution in [2.75, 3.05) is 31.3 Å². The van der Waals surface area contributed by atoms with Crippen LogP contribution in [0.3, 0.4) is 0 Å². The Morgan fingerprint density at radius 1 is 0.895 bits per heavy atom. The van der Waals surface area contributed by atoms with Gasteiger partial charge in [0, 0.05) is 52.0 Å². The number of benzene rings is 1. The first-order valence-electron chi connectivity index (χ1n) is 23.7. The Kier molecular flexibility index (Phi) is 15.6. The fourth-order valence-corrected chi connectivity index (χ4v) is 14.3. The molecule has 9 rings (SSSR count). The molecule has 6 bridgehead atoms. The zero-order valence-corrected chi connectivity index (χ0v) is 36.6. The van der Waals surface area contributed by atoms with Crippen LogP contribution in [0, 0.1) is 29.6 Å². The molecule has 7 nitrogen and oxygen atoms in total. The Morgan fingerprint density at radius 3 is 2.05 bits per heavy atom. The third kappa shape index (κ3) is 10.9. The maximum absolute atomic E-state index is 14.3.